The Labute approximate surface area is 168 Å². The minimum atomic E-state index is -2.96. The summed E-state index contributed by atoms with van der Waals surface area (Å²) in [6.07, 6.45) is 8.19. The van der Waals surface area contributed by atoms with Crippen LogP contribution in [0.3, 0.4) is 0 Å². The lowest BCUT2D eigenvalue weighted by Crippen LogP contribution is -2.56. The first kappa shape index (κ1) is 20.1. The Hall–Kier alpha value is -1.15. The van der Waals surface area contributed by atoms with Crippen LogP contribution in [0.5, 0.6) is 0 Å². The van der Waals surface area contributed by atoms with E-state index < -0.39 is 9.84 Å². The second kappa shape index (κ2) is 7.59. The van der Waals surface area contributed by atoms with Crippen LogP contribution >= 0.6 is 0 Å². The number of sulfone groups is 1. The molecule has 4 saturated carbocycles. The van der Waals surface area contributed by atoms with Gasteiger partial charge >= 0.3 is 0 Å². The molecule has 5 fully saturated rings. The van der Waals surface area contributed by atoms with E-state index in [-0.39, 0.29) is 29.5 Å². The standard InChI is InChI=1S/C20H33N3O4S/c1-28(26,27)7-6-22-2-4-23(5-3-22)18(24)14-21-19(25)20-11-15-8-16(12-20)10-17(9-15)13-20/h15-17H,2-14H2,1H3,(H,21,25). The Morgan fingerprint density at radius 3 is 2.00 bits per heavy atom. The van der Waals surface area contributed by atoms with Crippen molar-refractivity contribution in [3.05, 3.63) is 0 Å². The summed E-state index contributed by atoms with van der Waals surface area (Å²) < 4.78 is 22.6. The molecule has 0 aromatic carbocycles. The average molecular weight is 412 g/mol. The van der Waals surface area contributed by atoms with E-state index in [1.807, 2.05) is 0 Å². The Morgan fingerprint density at radius 1 is 0.964 bits per heavy atom. The normalized spacial score (nSPS) is 35.2. The largest absolute Gasteiger partial charge is 0.347 e. The van der Waals surface area contributed by atoms with Crippen LogP contribution in [-0.4, -0.2) is 81.3 Å². The van der Waals surface area contributed by atoms with Crippen LogP contribution in [0, 0.1) is 23.2 Å². The van der Waals surface area contributed by atoms with Gasteiger partial charge in [0.1, 0.15) is 9.84 Å². The summed E-state index contributed by atoms with van der Waals surface area (Å²) in [5.41, 5.74) is -0.209. The first-order valence-corrected chi connectivity index (χ1v) is 12.7. The summed E-state index contributed by atoms with van der Waals surface area (Å²) in [5.74, 6) is 2.38. The topological polar surface area (TPSA) is 86.8 Å². The van der Waals surface area contributed by atoms with Crippen LogP contribution in [0.4, 0.5) is 0 Å². The van der Waals surface area contributed by atoms with Crippen molar-refractivity contribution in [2.45, 2.75) is 38.5 Å². The summed E-state index contributed by atoms with van der Waals surface area (Å²) in [7, 11) is -2.96. The van der Waals surface area contributed by atoms with Crippen molar-refractivity contribution < 1.29 is 18.0 Å². The number of amides is 2. The van der Waals surface area contributed by atoms with Gasteiger partial charge in [-0.15, -0.1) is 0 Å². The molecule has 2 amide bonds. The quantitative estimate of drug-likeness (QED) is 0.688. The predicted octanol–water partition coefficient (Wildman–Crippen LogP) is 0.508. The smallest absolute Gasteiger partial charge is 0.242 e. The molecule has 7 nitrogen and oxygen atoms in total. The maximum Gasteiger partial charge on any atom is 0.242 e. The fourth-order valence-electron chi connectivity index (χ4n) is 6.36. The van der Waals surface area contributed by atoms with Crippen molar-refractivity contribution in [2.24, 2.45) is 23.2 Å². The first-order chi connectivity index (χ1) is 13.2. The number of piperazine rings is 1. The third-order valence-electron chi connectivity index (χ3n) is 7.42. The Bertz CT molecular complexity index is 692. The fourth-order valence-corrected chi connectivity index (χ4v) is 6.95. The number of carbonyl (C=O) groups excluding carboxylic acids is 2. The molecule has 5 rings (SSSR count). The lowest BCUT2D eigenvalue weighted by Gasteiger charge is -2.55. The van der Waals surface area contributed by atoms with Crippen LogP contribution in [-0.2, 0) is 19.4 Å². The molecule has 1 N–H and O–H groups in total. The third-order valence-corrected chi connectivity index (χ3v) is 8.35. The molecule has 0 aromatic heterocycles. The first-order valence-electron chi connectivity index (χ1n) is 10.7. The highest BCUT2D eigenvalue weighted by atomic mass is 32.2. The van der Waals surface area contributed by atoms with E-state index in [0.717, 1.165) is 19.3 Å². The van der Waals surface area contributed by atoms with Gasteiger partial charge in [-0.25, -0.2) is 8.42 Å². The average Bonchev–Trinajstić information content (AvgIpc) is 2.63. The third kappa shape index (κ3) is 4.37. The van der Waals surface area contributed by atoms with Gasteiger partial charge in [0.05, 0.1) is 12.3 Å². The number of hydrogen-bond donors (Lipinski definition) is 1. The highest BCUT2D eigenvalue weighted by Gasteiger charge is 2.54. The van der Waals surface area contributed by atoms with Crippen LogP contribution < -0.4 is 5.32 Å². The molecule has 0 spiro atoms. The zero-order valence-corrected chi connectivity index (χ0v) is 17.7. The number of nitrogens with zero attached hydrogens (tertiary/aromatic N) is 2. The molecule has 4 bridgehead atoms. The highest BCUT2D eigenvalue weighted by Crippen LogP contribution is 2.60. The van der Waals surface area contributed by atoms with Gasteiger partial charge in [-0.3, -0.25) is 14.5 Å². The summed E-state index contributed by atoms with van der Waals surface area (Å²) in [6.45, 7) is 3.16. The molecular weight excluding hydrogens is 378 g/mol. The monoisotopic (exact) mass is 411 g/mol. The SMILES string of the molecule is CS(=O)(=O)CCN1CCN(C(=O)CNC(=O)C23CC4CC(CC(C4)C2)C3)CC1. The van der Waals surface area contributed by atoms with E-state index in [1.165, 1.54) is 25.5 Å². The van der Waals surface area contributed by atoms with Gasteiger partial charge < -0.3 is 10.2 Å². The molecule has 1 heterocycles. The van der Waals surface area contributed by atoms with Crippen molar-refractivity contribution in [1.29, 1.82) is 0 Å². The van der Waals surface area contributed by atoms with Crippen LogP contribution in [0.1, 0.15) is 38.5 Å². The number of rotatable bonds is 6. The number of hydrogen-bond acceptors (Lipinski definition) is 5. The van der Waals surface area contributed by atoms with E-state index in [4.69, 9.17) is 0 Å². The summed E-state index contributed by atoms with van der Waals surface area (Å²) in [4.78, 5) is 29.4. The Balaban J connectivity index is 1.22. The molecule has 1 aliphatic heterocycles. The van der Waals surface area contributed by atoms with Crippen molar-refractivity contribution in [3.8, 4) is 0 Å². The van der Waals surface area contributed by atoms with E-state index in [0.29, 0.717) is 50.5 Å². The molecule has 28 heavy (non-hydrogen) atoms. The predicted molar refractivity (Wildman–Crippen MR) is 106 cm³/mol. The molecule has 0 aromatic rings. The van der Waals surface area contributed by atoms with Gasteiger partial charge in [-0.05, 0) is 56.3 Å². The molecule has 0 radical (unpaired) electrons. The minimum absolute atomic E-state index is 0.0270. The van der Waals surface area contributed by atoms with Crippen LogP contribution in [0.15, 0.2) is 0 Å². The molecule has 158 valence electrons. The van der Waals surface area contributed by atoms with E-state index >= 15 is 0 Å². The van der Waals surface area contributed by atoms with Gasteiger partial charge in [-0.1, -0.05) is 0 Å². The molecule has 4 aliphatic carbocycles. The molecular formula is C20H33N3O4S. The number of carbonyl (C=O) groups is 2. The highest BCUT2D eigenvalue weighted by molar-refractivity contribution is 7.90. The maximum absolute atomic E-state index is 13.0. The molecule has 8 heteroatoms. The van der Waals surface area contributed by atoms with Crippen molar-refractivity contribution in [3.63, 3.8) is 0 Å². The minimum Gasteiger partial charge on any atom is -0.347 e. The maximum atomic E-state index is 13.0. The zero-order chi connectivity index (χ0) is 19.9. The second-order valence-corrected chi connectivity index (χ2v) is 12.0. The van der Waals surface area contributed by atoms with Crippen LogP contribution in [0.2, 0.25) is 0 Å². The molecule has 0 atom stereocenters. The molecule has 0 unspecified atom stereocenters. The van der Waals surface area contributed by atoms with Crippen molar-refractivity contribution >= 4 is 21.7 Å². The lowest BCUT2D eigenvalue weighted by atomic mass is 9.49. The summed E-state index contributed by atoms with van der Waals surface area (Å²) >= 11 is 0. The van der Waals surface area contributed by atoms with Gasteiger partial charge in [-0.2, -0.15) is 0 Å². The van der Waals surface area contributed by atoms with Crippen LogP contribution in [0.25, 0.3) is 0 Å². The molecule has 1 saturated heterocycles. The van der Waals surface area contributed by atoms with E-state index in [9.17, 15) is 18.0 Å². The molecule has 5 aliphatic rings. The fraction of sp³-hybridized carbons (Fsp3) is 0.900. The second-order valence-electron chi connectivity index (χ2n) is 9.73. The lowest BCUT2D eigenvalue weighted by molar-refractivity contribution is -0.148. The summed E-state index contributed by atoms with van der Waals surface area (Å²) in [6, 6.07) is 0. The number of nitrogens with one attached hydrogen (secondary N) is 1. The van der Waals surface area contributed by atoms with Gasteiger partial charge in [0.25, 0.3) is 0 Å². The van der Waals surface area contributed by atoms with Crippen molar-refractivity contribution in [2.75, 3.05) is 51.3 Å². The Kier molecular flexibility index (Phi) is 5.46. The Morgan fingerprint density at radius 2 is 1.50 bits per heavy atom. The van der Waals surface area contributed by atoms with E-state index in [1.54, 1.807) is 4.90 Å². The van der Waals surface area contributed by atoms with E-state index in [2.05, 4.69) is 10.2 Å². The van der Waals surface area contributed by atoms with Gasteiger partial charge in [0.2, 0.25) is 11.8 Å². The zero-order valence-electron chi connectivity index (χ0n) is 16.9. The summed E-state index contributed by atoms with van der Waals surface area (Å²) in [5, 5.41) is 2.97. The van der Waals surface area contributed by atoms with Gasteiger partial charge in [0, 0.05) is 44.4 Å². The van der Waals surface area contributed by atoms with Crippen molar-refractivity contribution in [1.82, 2.24) is 15.1 Å². The van der Waals surface area contributed by atoms with Gasteiger partial charge in [0.15, 0.2) is 0 Å².